The summed E-state index contributed by atoms with van der Waals surface area (Å²) in [6, 6.07) is 5.48. The number of aromatic nitrogens is 2. The van der Waals surface area contributed by atoms with E-state index in [4.69, 9.17) is 4.74 Å². The predicted octanol–water partition coefficient (Wildman–Crippen LogP) is 3.62. The number of urea groups is 1. The van der Waals surface area contributed by atoms with E-state index < -0.39 is 17.0 Å². The maximum absolute atomic E-state index is 14.4. The van der Waals surface area contributed by atoms with Crippen molar-refractivity contribution in [3.8, 4) is 11.3 Å². The van der Waals surface area contributed by atoms with E-state index in [-0.39, 0.29) is 34.7 Å². The first-order chi connectivity index (χ1) is 14.8. The topological polar surface area (TPSA) is 67.4 Å². The normalized spacial score (nSPS) is 28.5. The van der Waals surface area contributed by atoms with Crippen molar-refractivity contribution in [1.29, 1.82) is 0 Å². The Balaban J connectivity index is 1.60. The largest absolute Gasteiger partial charge is 0.374 e. The maximum atomic E-state index is 14.4. The van der Waals surface area contributed by atoms with Crippen LogP contribution in [-0.4, -0.2) is 54.0 Å². The molecule has 1 aromatic heterocycles. The van der Waals surface area contributed by atoms with Crippen molar-refractivity contribution >= 4 is 6.03 Å². The zero-order chi connectivity index (χ0) is 22.0. The zero-order valence-corrected chi connectivity index (χ0v) is 17.9. The van der Waals surface area contributed by atoms with Gasteiger partial charge in [-0.2, -0.15) is 10.2 Å². The van der Waals surface area contributed by atoms with Crippen LogP contribution in [0.5, 0.6) is 0 Å². The number of benzene rings is 1. The average molecular weight is 428 g/mol. The number of hydrogen-bond donors (Lipinski definition) is 1. The van der Waals surface area contributed by atoms with Gasteiger partial charge in [0, 0.05) is 25.6 Å². The van der Waals surface area contributed by atoms with Crippen LogP contribution in [0.1, 0.15) is 43.9 Å². The Morgan fingerprint density at radius 2 is 2.00 bits per heavy atom. The van der Waals surface area contributed by atoms with E-state index >= 15 is 0 Å². The van der Waals surface area contributed by atoms with Gasteiger partial charge in [-0.3, -0.25) is 0 Å². The molecule has 3 aliphatic rings. The average Bonchev–Trinajstić information content (AvgIpc) is 3.14. The Bertz CT molecular complexity index is 1040. The molecule has 164 valence electrons. The Labute approximate surface area is 180 Å². The fraction of sp³-hybridized carbons (Fsp3) is 0.522. The van der Waals surface area contributed by atoms with E-state index in [2.05, 4.69) is 29.4 Å². The number of amides is 2. The van der Waals surface area contributed by atoms with Gasteiger partial charge in [0.05, 0.1) is 29.7 Å². The molecule has 1 aliphatic heterocycles. The predicted molar refractivity (Wildman–Crippen MR) is 111 cm³/mol. The standard InChI is InChI=1S/C23H26F2N4O2/c1-22(2)14-7-8-23(22,18-12-29(9-10-31-18)21(30)26-3)20-13(14)11-17(27-28-20)19-15(24)5-4-6-16(19)25/h4-6,11,14,18H,7-10,12H2,1-3H3,(H,26,30)/t14-,18-,23-/m0/s1. The third-order valence-electron chi connectivity index (χ3n) is 7.81. The van der Waals surface area contributed by atoms with E-state index in [1.165, 1.54) is 18.2 Å². The molecular weight excluding hydrogens is 402 g/mol. The second-order valence-electron chi connectivity index (χ2n) is 9.28. The second kappa shape index (κ2) is 6.95. The minimum Gasteiger partial charge on any atom is -0.374 e. The SMILES string of the molecule is CNC(=O)N1CCO[C@H]([C@@]23CC[C@@H](c4cc(-c5c(F)cccc5F)nnc42)C3(C)C)C1. The first kappa shape index (κ1) is 20.3. The van der Waals surface area contributed by atoms with Gasteiger partial charge in [0.15, 0.2) is 0 Å². The Kier molecular flexibility index (Phi) is 4.55. The smallest absolute Gasteiger partial charge is 0.317 e. The fourth-order valence-electron chi connectivity index (χ4n) is 6.24. The van der Waals surface area contributed by atoms with Crippen molar-refractivity contribution in [2.75, 3.05) is 26.7 Å². The molecule has 31 heavy (non-hydrogen) atoms. The summed E-state index contributed by atoms with van der Waals surface area (Å²) in [6.07, 6.45) is 1.60. The molecule has 2 bridgehead atoms. The van der Waals surface area contributed by atoms with Crippen LogP contribution in [0.15, 0.2) is 24.3 Å². The number of ether oxygens (including phenoxy) is 1. The summed E-state index contributed by atoms with van der Waals surface area (Å²) in [7, 11) is 1.63. The van der Waals surface area contributed by atoms with Gasteiger partial charge in [-0.25, -0.2) is 13.6 Å². The molecule has 0 spiro atoms. The number of fused-ring (bicyclic) bond motifs is 5. The number of carbonyl (C=O) groups is 1. The van der Waals surface area contributed by atoms with E-state index in [1.54, 1.807) is 18.0 Å². The zero-order valence-electron chi connectivity index (χ0n) is 17.9. The molecule has 2 fully saturated rings. The van der Waals surface area contributed by atoms with Gasteiger partial charge in [-0.05, 0) is 47.9 Å². The molecule has 1 saturated carbocycles. The highest BCUT2D eigenvalue weighted by Crippen LogP contribution is 2.69. The molecule has 1 saturated heterocycles. The molecule has 6 nitrogen and oxygen atoms in total. The molecule has 2 amide bonds. The summed E-state index contributed by atoms with van der Waals surface area (Å²) < 4.78 is 35.0. The van der Waals surface area contributed by atoms with Crippen LogP contribution in [0, 0.1) is 17.0 Å². The fourth-order valence-corrected chi connectivity index (χ4v) is 6.24. The minimum atomic E-state index is -0.650. The quantitative estimate of drug-likeness (QED) is 0.794. The van der Waals surface area contributed by atoms with Crippen molar-refractivity contribution in [2.45, 2.75) is 44.1 Å². The number of halogens is 2. The second-order valence-corrected chi connectivity index (χ2v) is 9.28. The first-order valence-electron chi connectivity index (χ1n) is 10.7. The van der Waals surface area contributed by atoms with Crippen LogP contribution >= 0.6 is 0 Å². The van der Waals surface area contributed by atoms with Gasteiger partial charge < -0.3 is 15.0 Å². The lowest BCUT2D eigenvalue weighted by atomic mass is 9.64. The van der Waals surface area contributed by atoms with Crippen LogP contribution in [0.3, 0.4) is 0 Å². The summed E-state index contributed by atoms with van der Waals surface area (Å²) in [5.41, 5.74) is 1.31. The molecule has 3 atom stereocenters. The molecule has 0 unspecified atom stereocenters. The van der Waals surface area contributed by atoms with Crippen LogP contribution in [0.25, 0.3) is 11.3 Å². The number of nitrogens with one attached hydrogen (secondary N) is 1. The molecule has 1 N–H and O–H groups in total. The number of nitrogens with zero attached hydrogens (tertiary/aromatic N) is 3. The van der Waals surface area contributed by atoms with Crippen molar-refractivity contribution in [2.24, 2.45) is 5.41 Å². The Morgan fingerprint density at radius 3 is 2.71 bits per heavy atom. The van der Waals surface area contributed by atoms with E-state index in [9.17, 15) is 13.6 Å². The van der Waals surface area contributed by atoms with Gasteiger partial charge >= 0.3 is 6.03 Å². The van der Waals surface area contributed by atoms with Crippen molar-refractivity contribution < 1.29 is 18.3 Å². The number of carbonyl (C=O) groups excluding carboxylic acids is 1. The summed E-state index contributed by atoms with van der Waals surface area (Å²) >= 11 is 0. The summed E-state index contributed by atoms with van der Waals surface area (Å²) in [6.45, 7) is 5.89. The number of morpholine rings is 1. The molecule has 2 aromatic rings. The first-order valence-corrected chi connectivity index (χ1v) is 10.7. The van der Waals surface area contributed by atoms with Crippen LogP contribution in [0.2, 0.25) is 0 Å². The molecule has 2 aliphatic carbocycles. The third kappa shape index (κ3) is 2.67. The molecule has 2 heterocycles. The van der Waals surface area contributed by atoms with E-state index in [0.717, 1.165) is 24.1 Å². The summed E-state index contributed by atoms with van der Waals surface area (Å²) in [5.74, 6) is -1.11. The number of hydrogen-bond acceptors (Lipinski definition) is 4. The van der Waals surface area contributed by atoms with E-state index in [1.807, 2.05) is 0 Å². The third-order valence-corrected chi connectivity index (χ3v) is 7.81. The Hall–Kier alpha value is -2.61. The van der Waals surface area contributed by atoms with Crippen LogP contribution in [-0.2, 0) is 10.2 Å². The highest BCUT2D eigenvalue weighted by molar-refractivity contribution is 5.74. The highest BCUT2D eigenvalue weighted by Gasteiger charge is 2.67. The molecular formula is C23H26F2N4O2. The van der Waals surface area contributed by atoms with Crippen molar-refractivity contribution in [3.63, 3.8) is 0 Å². The van der Waals surface area contributed by atoms with Gasteiger partial charge in [0.2, 0.25) is 0 Å². The maximum Gasteiger partial charge on any atom is 0.317 e. The molecule has 8 heteroatoms. The minimum absolute atomic E-state index is 0.119. The van der Waals surface area contributed by atoms with Crippen molar-refractivity contribution in [3.05, 3.63) is 47.2 Å². The lowest BCUT2D eigenvalue weighted by Gasteiger charge is -2.47. The Morgan fingerprint density at radius 1 is 1.26 bits per heavy atom. The van der Waals surface area contributed by atoms with Gasteiger partial charge in [0.1, 0.15) is 11.6 Å². The summed E-state index contributed by atoms with van der Waals surface area (Å²) in [5, 5.41) is 11.5. The summed E-state index contributed by atoms with van der Waals surface area (Å²) in [4.78, 5) is 14.0. The monoisotopic (exact) mass is 428 g/mol. The van der Waals surface area contributed by atoms with Gasteiger partial charge in [-0.1, -0.05) is 19.9 Å². The van der Waals surface area contributed by atoms with Crippen LogP contribution < -0.4 is 5.32 Å². The van der Waals surface area contributed by atoms with Gasteiger partial charge in [0.25, 0.3) is 0 Å². The van der Waals surface area contributed by atoms with Crippen molar-refractivity contribution in [1.82, 2.24) is 20.4 Å². The lowest BCUT2D eigenvalue weighted by Crippen LogP contribution is -2.58. The highest BCUT2D eigenvalue weighted by atomic mass is 19.1. The molecule has 1 aromatic carbocycles. The van der Waals surface area contributed by atoms with Gasteiger partial charge in [-0.15, -0.1) is 0 Å². The van der Waals surface area contributed by atoms with Crippen LogP contribution in [0.4, 0.5) is 13.6 Å². The molecule has 5 rings (SSSR count). The molecule has 0 radical (unpaired) electrons. The lowest BCUT2D eigenvalue weighted by molar-refractivity contribution is -0.0817. The number of rotatable bonds is 2. The van der Waals surface area contributed by atoms with E-state index in [0.29, 0.717) is 19.7 Å².